The highest BCUT2D eigenvalue weighted by molar-refractivity contribution is 5.95. The molecule has 1 saturated carbocycles. The number of ether oxygens (including phenoxy) is 4. The molecule has 19 heteroatoms. The number of alkyl carbamates (subject to hydrolysis) is 2. The Balaban J connectivity index is 3.35. The van der Waals surface area contributed by atoms with E-state index in [2.05, 4.69) is 33.5 Å². The van der Waals surface area contributed by atoms with Gasteiger partial charge in [0.1, 0.15) is 29.3 Å². The molecule has 1 aliphatic rings. The fraction of sp³-hybridized carbons (Fsp3) is 0.854. The average Bonchev–Trinajstić information content (AvgIpc) is 3.22. The normalized spacial score (nSPS) is 16.6. The number of unbranched alkanes of at least 4 members (excludes halogenated alkanes) is 4. The molecule has 0 heterocycles. The number of amides is 6. The number of nitrogens with zero attached hydrogens (tertiary/aromatic N) is 1. The number of hydrogen-bond acceptors (Lipinski definition) is 12. The van der Waals surface area contributed by atoms with Gasteiger partial charge in [0.15, 0.2) is 6.04 Å². The van der Waals surface area contributed by atoms with Gasteiger partial charge in [0.2, 0.25) is 23.6 Å². The van der Waals surface area contributed by atoms with E-state index in [1.807, 2.05) is 20.8 Å². The Morgan fingerprint density at radius 3 is 1.88 bits per heavy atom. The fourth-order valence-corrected chi connectivity index (χ4v) is 7.61. The van der Waals surface area contributed by atoms with Crippen LogP contribution in [0.4, 0.5) is 9.59 Å². The van der Waals surface area contributed by atoms with Crippen LogP contribution >= 0.6 is 0 Å². The molecule has 0 aromatic heterocycles. The van der Waals surface area contributed by atoms with E-state index < -0.39 is 96.4 Å². The molecular formula is C48H89N7O12. The molecule has 0 saturated heterocycles. The maximum absolute atomic E-state index is 14.5. The maximum atomic E-state index is 14.5. The molecule has 0 aliphatic heterocycles. The SMILES string of the molecule is CCCCCC[C@@H](OC[C@@H](C)N)[C@@H](C)C(=O)N(C)[C@@H](CC(C)C)C(=O)N[C@H](C(=O)N[C@@H](CNC(=O)OC(C)(C)C)C(=O)N[C@@H](COCCCCNC(=O)OC(C)(C)C)C(=O)O)C1CCCCC1. The van der Waals surface area contributed by atoms with Crippen LogP contribution in [-0.2, 0) is 42.9 Å². The number of carbonyl (C=O) groups is 7. The van der Waals surface area contributed by atoms with Crippen LogP contribution in [0.1, 0.15) is 160 Å². The van der Waals surface area contributed by atoms with Gasteiger partial charge in [-0.25, -0.2) is 14.4 Å². The molecule has 0 aromatic carbocycles. The fourth-order valence-electron chi connectivity index (χ4n) is 7.61. The van der Waals surface area contributed by atoms with Crippen molar-refractivity contribution < 1.29 is 57.6 Å². The quantitative estimate of drug-likeness (QED) is 0.0459. The highest BCUT2D eigenvalue weighted by Crippen LogP contribution is 2.28. The smallest absolute Gasteiger partial charge is 0.407 e. The van der Waals surface area contributed by atoms with E-state index >= 15 is 0 Å². The third-order valence-electron chi connectivity index (χ3n) is 11.1. The lowest BCUT2D eigenvalue weighted by atomic mass is 9.83. The zero-order valence-corrected chi connectivity index (χ0v) is 42.9. The minimum absolute atomic E-state index is 0.0122. The van der Waals surface area contributed by atoms with E-state index in [0.717, 1.165) is 44.9 Å². The number of carboxylic acid groups (broad SMARTS) is 1. The van der Waals surface area contributed by atoms with Crippen molar-refractivity contribution in [2.45, 2.75) is 207 Å². The number of hydrogen-bond donors (Lipinski definition) is 7. The van der Waals surface area contributed by atoms with Crippen LogP contribution < -0.4 is 32.3 Å². The molecule has 67 heavy (non-hydrogen) atoms. The first kappa shape index (κ1) is 60.8. The Bertz CT molecular complexity index is 1530. The van der Waals surface area contributed by atoms with Crippen molar-refractivity contribution in [1.29, 1.82) is 0 Å². The van der Waals surface area contributed by atoms with Crippen molar-refractivity contribution in [1.82, 2.24) is 31.5 Å². The van der Waals surface area contributed by atoms with Crippen molar-refractivity contribution in [3.05, 3.63) is 0 Å². The van der Waals surface area contributed by atoms with Gasteiger partial charge in [-0.05, 0) is 98.8 Å². The molecule has 6 amide bonds. The van der Waals surface area contributed by atoms with Crippen molar-refractivity contribution in [3.63, 3.8) is 0 Å². The topological polar surface area (TPSA) is 266 Å². The predicted octanol–water partition coefficient (Wildman–Crippen LogP) is 5.16. The van der Waals surface area contributed by atoms with Crippen LogP contribution in [0, 0.1) is 17.8 Å². The number of likely N-dealkylation sites (N-methyl/N-ethyl adjacent to an activating group) is 1. The molecule has 1 aliphatic carbocycles. The molecule has 1 fully saturated rings. The number of carbonyl (C=O) groups excluding carboxylic acids is 6. The second-order valence-corrected chi connectivity index (χ2v) is 20.5. The number of carboxylic acids is 1. The van der Waals surface area contributed by atoms with Crippen molar-refractivity contribution in [2.75, 3.05) is 40.0 Å². The molecule has 0 aromatic rings. The summed E-state index contributed by atoms with van der Waals surface area (Å²) < 4.78 is 22.3. The van der Waals surface area contributed by atoms with Crippen LogP contribution in [0.5, 0.6) is 0 Å². The molecular weight excluding hydrogens is 867 g/mol. The number of aliphatic carboxylic acids is 1. The largest absolute Gasteiger partial charge is 0.480 e. The second kappa shape index (κ2) is 31.0. The minimum atomic E-state index is -1.53. The molecule has 0 bridgehead atoms. The Morgan fingerprint density at radius 2 is 1.33 bits per heavy atom. The Hall–Kier alpha value is -4.23. The van der Waals surface area contributed by atoms with Gasteiger partial charge in [0.25, 0.3) is 0 Å². The highest BCUT2D eigenvalue weighted by Gasteiger charge is 2.39. The molecule has 19 nitrogen and oxygen atoms in total. The first-order valence-corrected chi connectivity index (χ1v) is 24.5. The summed E-state index contributed by atoms with van der Waals surface area (Å²) in [5, 5.41) is 23.2. The zero-order valence-electron chi connectivity index (χ0n) is 42.9. The van der Waals surface area contributed by atoms with Crippen LogP contribution in [0.15, 0.2) is 0 Å². The first-order chi connectivity index (χ1) is 31.3. The summed E-state index contributed by atoms with van der Waals surface area (Å²) in [7, 11) is 1.59. The van der Waals surface area contributed by atoms with Gasteiger partial charge in [-0.3, -0.25) is 19.2 Å². The summed E-state index contributed by atoms with van der Waals surface area (Å²) in [6, 6.07) is -5.35. The van der Waals surface area contributed by atoms with Gasteiger partial charge in [0.05, 0.1) is 31.8 Å². The lowest BCUT2D eigenvalue weighted by Crippen LogP contribution is -2.62. The van der Waals surface area contributed by atoms with Gasteiger partial charge in [-0.1, -0.05) is 72.6 Å². The first-order valence-electron chi connectivity index (χ1n) is 24.5. The molecule has 0 radical (unpaired) electrons. The van der Waals surface area contributed by atoms with Crippen LogP contribution in [0.2, 0.25) is 0 Å². The zero-order chi connectivity index (χ0) is 50.9. The van der Waals surface area contributed by atoms with Gasteiger partial charge in [-0.15, -0.1) is 0 Å². The van der Waals surface area contributed by atoms with Gasteiger partial charge >= 0.3 is 18.2 Å². The Labute approximate surface area is 400 Å². The highest BCUT2D eigenvalue weighted by atomic mass is 16.6. The van der Waals surface area contributed by atoms with Gasteiger partial charge < -0.3 is 61.3 Å². The molecule has 7 atom stereocenters. The van der Waals surface area contributed by atoms with E-state index in [0.29, 0.717) is 45.1 Å². The number of rotatable bonds is 30. The molecule has 0 unspecified atom stereocenters. The van der Waals surface area contributed by atoms with Crippen LogP contribution in [-0.4, -0.2) is 139 Å². The maximum Gasteiger partial charge on any atom is 0.407 e. The minimum Gasteiger partial charge on any atom is -0.480 e. The van der Waals surface area contributed by atoms with Crippen molar-refractivity contribution in [3.8, 4) is 0 Å². The van der Waals surface area contributed by atoms with E-state index in [1.54, 1.807) is 55.5 Å². The van der Waals surface area contributed by atoms with Crippen molar-refractivity contribution in [2.24, 2.45) is 23.5 Å². The van der Waals surface area contributed by atoms with Gasteiger partial charge in [0, 0.05) is 26.2 Å². The number of nitrogens with two attached hydrogens (primary N) is 1. The molecule has 388 valence electrons. The predicted molar refractivity (Wildman–Crippen MR) is 256 cm³/mol. The van der Waals surface area contributed by atoms with E-state index in [9.17, 15) is 38.7 Å². The monoisotopic (exact) mass is 956 g/mol. The average molecular weight is 956 g/mol. The summed E-state index contributed by atoms with van der Waals surface area (Å²) in [4.78, 5) is 95.5. The summed E-state index contributed by atoms with van der Waals surface area (Å²) in [5.74, 6) is -4.77. The Kier molecular flexibility index (Phi) is 28.1. The lowest BCUT2D eigenvalue weighted by Gasteiger charge is -2.36. The summed E-state index contributed by atoms with van der Waals surface area (Å²) in [5.41, 5.74) is 4.49. The molecule has 8 N–H and O–H groups in total. The third-order valence-corrected chi connectivity index (χ3v) is 11.1. The third kappa shape index (κ3) is 26.2. The Morgan fingerprint density at radius 1 is 0.731 bits per heavy atom. The van der Waals surface area contributed by atoms with Crippen LogP contribution in [0.3, 0.4) is 0 Å². The molecule has 0 spiro atoms. The standard InChI is InChI=1S/C48H89N7O12/c1-13-14-15-19-24-38(65-29-32(4)49)33(5)43(59)55(12)37(27-31(2)3)41(57)54-39(34-22-17-16-18-23-34)42(58)52-35(28-51-46(63)67-48(9,10)11)40(56)53-36(44(60)61)30-64-26-21-20-25-50-45(62)66-47(6,7)8/h31-39H,13-30,49H2,1-12H3,(H,50,62)(H,51,63)(H,52,58)(H,53,56)(H,54,57)(H,60,61)/t32-,33-,35+,36+,37+,38-,39+/m1/s1. The van der Waals surface area contributed by atoms with Crippen molar-refractivity contribution >= 4 is 41.8 Å². The second-order valence-electron chi connectivity index (χ2n) is 20.5. The number of nitrogens with one attached hydrogen (secondary N) is 5. The van der Waals surface area contributed by atoms with Gasteiger partial charge in [-0.2, -0.15) is 0 Å². The van der Waals surface area contributed by atoms with Crippen LogP contribution in [0.25, 0.3) is 0 Å². The summed E-state index contributed by atoms with van der Waals surface area (Å²) in [6.07, 6.45) is 7.88. The molecule has 1 rings (SSSR count). The lowest BCUT2D eigenvalue weighted by molar-refractivity contribution is -0.147. The van der Waals surface area contributed by atoms with E-state index in [1.165, 1.54) is 4.90 Å². The summed E-state index contributed by atoms with van der Waals surface area (Å²) >= 11 is 0. The van der Waals surface area contributed by atoms with E-state index in [4.69, 9.17) is 24.7 Å². The van der Waals surface area contributed by atoms with E-state index in [-0.39, 0.29) is 37.0 Å². The summed E-state index contributed by atoms with van der Waals surface area (Å²) in [6.45, 7) is 19.7.